The molecule has 32 heavy (non-hydrogen) atoms. The number of carbonyl (C=O) groups is 1. The number of nitrogens with zero attached hydrogens (tertiary/aromatic N) is 1. The Hall–Kier alpha value is -3.57. The van der Waals surface area contributed by atoms with Crippen molar-refractivity contribution in [2.75, 3.05) is 26.1 Å². The summed E-state index contributed by atoms with van der Waals surface area (Å²) in [5.74, 6) is 0.821. The molecule has 168 valence electrons. The molecule has 2 aromatic carbocycles. The van der Waals surface area contributed by atoms with Crippen LogP contribution in [0.15, 0.2) is 63.2 Å². The number of sulfonamides is 1. The molecule has 0 bridgehead atoms. The summed E-state index contributed by atoms with van der Waals surface area (Å²) in [6.07, 6.45) is 1.39. The monoisotopic (exact) mass is 475 g/mol. The molecule has 0 aliphatic carbocycles. The van der Waals surface area contributed by atoms with Gasteiger partial charge in [-0.25, -0.2) is 13.8 Å². The third kappa shape index (κ3) is 5.18. The Morgan fingerprint density at radius 1 is 0.969 bits per heavy atom. The van der Waals surface area contributed by atoms with Crippen molar-refractivity contribution < 1.29 is 27.4 Å². The quantitative estimate of drug-likeness (QED) is 0.362. The zero-order valence-electron chi connectivity index (χ0n) is 17.5. The molecular weight excluding hydrogens is 454 g/mol. The SMILES string of the molecule is COc1cc(OC)c(OC)cc1/C=N\NC(=O)c1ccccc1NS(=O)(=O)c1cccs1. The summed E-state index contributed by atoms with van der Waals surface area (Å²) < 4.78 is 43.5. The zero-order chi connectivity index (χ0) is 23.1. The number of thiophene rings is 1. The van der Waals surface area contributed by atoms with Crippen molar-refractivity contribution in [2.45, 2.75) is 4.21 Å². The maximum absolute atomic E-state index is 12.7. The van der Waals surface area contributed by atoms with E-state index in [0.29, 0.717) is 22.8 Å². The lowest BCUT2D eigenvalue weighted by molar-refractivity contribution is 0.0956. The largest absolute Gasteiger partial charge is 0.496 e. The number of carbonyl (C=O) groups excluding carboxylic acids is 1. The molecule has 1 amide bonds. The van der Waals surface area contributed by atoms with E-state index in [-0.39, 0.29) is 15.5 Å². The van der Waals surface area contributed by atoms with Crippen molar-refractivity contribution in [1.82, 2.24) is 5.43 Å². The number of hydrogen-bond donors (Lipinski definition) is 2. The molecule has 1 aromatic heterocycles. The van der Waals surface area contributed by atoms with Crippen LogP contribution in [0.1, 0.15) is 15.9 Å². The van der Waals surface area contributed by atoms with Gasteiger partial charge in [0.15, 0.2) is 11.5 Å². The highest BCUT2D eigenvalue weighted by molar-refractivity contribution is 7.94. The number of para-hydroxylation sites is 1. The molecule has 0 unspecified atom stereocenters. The number of methoxy groups -OCH3 is 3. The summed E-state index contributed by atoms with van der Waals surface area (Å²) in [6.45, 7) is 0. The van der Waals surface area contributed by atoms with E-state index >= 15 is 0 Å². The molecule has 2 N–H and O–H groups in total. The average molecular weight is 476 g/mol. The van der Waals surface area contributed by atoms with Crippen LogP contribution in [0.5, 0.6) is 17.2 Å². The zero-order valence-corrected chi connectivity index (χ0v) is 19.1. The van der Waals surface area contributed by atoms with Gasteiger partial charge in [-0.1, -0.05) is 18.2 Å². The molecule has 0 atom stereocenters. The molecule has 0 radical (unpaired) electrons. The standard InChI is InChI=1S/C21H21N3O6S2/c1-28-17-12-19(30-3)18(29-2)11-14(17)13-22-23-21(25)15-7-4-5-8-16(15)24-32(26,27)20-9-6-10-31-20/h4-13,24H,1-3H3,(H,23,25)/b22-13-. The van der Waals surface area contributed by atoms with E-state index in [9.17, 15) is 13.2 Å². The predicted octanol–water partition coefficient (Wildman–Crippen LogP) is 3.34. The first-order chi connectivity index (χ1) is 15.4. The van der Waals surface area contributed by atoms with E-state index in [1.807, 2.05) is 0 Å². The number of benzene rings is 2. The number of anilines is 1. The Morgan fingerprint density at radius 3 is 2.31 bits per heavy atom. The molecule has 3 aromatic rings. The van der Waals surface area contributed by atoms with E-state index in [1.54, 1.807) is 35.7 Å². The van der Waals surface area contributed by atoms with Gasteiger partial charge in [-0.2, -0.15) is 5.10 Å². The minimum atomic E-state index is -3.81. The average Bonchev–Trinajstić information content (AvgIpc) is 3.35. The second-order valence-corrected chi connectivity index (χ2v) is 9.09. The van der Waals surface area contributed by atoms with Crippen molar-refractivity contribution in [1.29, 1.82) is 0 Å². The van der Waals surface area contributed by atoms with Gasteiger partial charge in [0.2, 0.25) is 0 Å². The van der Waals surface area contributed by atoms with Crippen LogP contribution in [0.25, 0.3) is 0 Å². The molecule has 3 rings (SSSR count). The van der Waals surface area contributed by atoms with Crippen LogP contribution in [0.4, 0.5) is 5.69 Å². The topological polar surface area (TPSA) is 115 Å². The van der Waals surface area contributed by atoms with Gasteiger partial charge < -0.3 is 14.2 Å². The summed E-state index contributed by atoms with van der Waals surface area (Å²) in [6, 6.07) is 12.6. The third-order valence-electron chi connectivity index (χ3n) is 4.28. The van der Waals surface area contributed by atoms with Crippen LogP contribution in [-0.4, -0.2) is 41.9 Å². The van der Waals surface area contributed by atoms with Crippen LogP contribution in [-0.2, 0) is 10.0 Å². The molecule has 9 nitrogen and oxygen atoms in total. The van der Waals surface area contributed by atoms with Crippen molar-refractivity contribution in [2.24, 2.45) is 5.10 Å². The first kappa shape index (κ1) is 23.1. The van der Waals surface area contributed by atoms with E-state index in [2.05, 4.69) is 15.2 Å². The second-order valence-electron chi connectivity index (χ2n) is 6.23. The van der Waals surface area contributed by atoms with Gasteiger partial charge in [-0.15, -0.1) is 11.3 Å². The molecular formula is C21H21N3O6S2. The molecule has 0 aliphatic heterocycles. The van der Waals surface area contributed by atoms with Gasteiger partial charge in [0.25, 0.3) is 15.9 Å². The van der Waals surface area contributed by atoms with Crippen molar-refractivity contribution in [3.05, 3.63) is 65.0 Å². The number of hydrazone groups is 1. The van der Waals surface area contributed by atoms with E-state index in [0.717, 1.165) is 11.3 Å². The van der Waals surface area contributed by atoms with Gasteiger partial charge in [-0.05, 0) is 29.6 Å². The highest BCUT2D eigenvalue weighted by Crippen LogP contribution is 2.33. The van der Waals surface area contributed by atoms with Crippen molar-refractivity contribution in [3.8, 4) is 17.2 Å². The predicted molar refractivity (Wildman–Crippen MR) is 123 cm³/mol. The molecule has 0 saturated heterocycles. The van der Waals surface area contributed by atoms with Crippen molar-refractivity contribution >= 4 is 39.2 Å². The summed E-state index contributed by atoms with van der Waals surface area (Å²) in [5.41, 5.74) is 3.19. The Labute approximate surface area is 189 Å². The third-order valence-corrected chi connectivity index (χ3v) is 7.04. The van der Waals surface area contributed by atoms with Crippen LogP contribution < -0.4 is 24.4 Å². The van der Waals surface area contributed by atoms with E-state index in [4.69, 9.17) is 14.2 Å². The number of hydrogen-bond acceptors (Lipinski definition) is 8. The molecule has 0 spiro atoms. The van der Waals surface area contributed by atoms with Crippen LogP contribution >= 0.6 is 11.3 Å². The summed E-state index contributed by atoms with van der Waals surface area (Å²) in [7, 11) is 0.699. The normalized spacial score (nSPS) is 11.2. The lowest BCUT2D eigenvalue weighted by atomic mass is 10.2. The lowest BCUT2D eigenvalue weighted by Gasteiger charge is -2.12. The van der Waals surface area contributed by atoms with Crippen LogP contribution in [0, 0.1) is 0 Å². The first-order valence-corrected chi connectivity index (χ1v) is 11.5. The van der Waals surface area contributed by atoms with Gasteiger partial charge in [0.05, 0.1) is 38.8 Å². The van der Waals surface area contributed by atoms with E-state index < -0.39 is 15.9 Å². The van der Waals surface area contributed by atoms with Gasteiger partial charge >= 0.3 is 0 Å². The summed E-state index contributed by atoms with van der Waals surface area (Å²) in [5, 5.41) is 5.63. The van der Waals surface area contributed by atoms with Crippen LogP contribution in [0.3, 0.4) is 0 Å². The van der Waals surface area contributed by atoms with Gasteiger partial charge in [0, 0.05) is 11.6 Å². The summed E-state index contributed by atoms with van der Waals surface area (Å²) >= 11 is 1.08. The Morgan fingerprint density at radius 2 is 1.66 bits per heavy atom. The number of nitrogens with one attached hydrogen (secondary N) is 2. The molecule has 0 fully saturated rings. The Balaban J connectivity index is 1.80. The number of amides is 1. The minimum absolute atomic E-state index is 0.115. The molecule has 0 aliphatic rings. The van der Waals surface area contributed by atoms with Crippen LogP contribution in [0.2, 0.25) is 0 Å². The first-order valence-electron chi connectivity index (χ1n) is 9.18. The summed E-state index contributed by atoms with van der Waals surface area (Å²) in [4.78, 5) is 12.7. The highest BCUT2D eigenvalue weighted by atomic mass is 32.2. The fourth-order valence-electron chi connectivity index (χ4n) is 2.76. The molecule has 1 heterocycles. The fourth-order valence-corrected chi connectivity index (χ4v) is 4.83. The number of rotatable bonds is 9. The van der Waals surface area contributed by atoms with Crippen molar-refractivity contribution in [3.63, 3.8) is 0 Å². The van der Waals surface area contributed by atoms with Gasteiger partial charge in [-0.3, -0.25) is 9.52 Å². The molecule has 11 heteroatoms. The minimum Gasteiger partial charge on any atom is -0.496 e. The Bertz CT molecular complexity index is 1220. The van der Waals surface area contributed by atoms with E-state index in [1.165, 1.54) is 45.7 Å². The number of ether oxygens (including phenoxy) is 3. The lowest BCUT2D eigenvalue weighted by Crippen LogP contribution is -2.21. The second kappa shape index (κ2) is 10.2. The Kier molecular flexibility index (Phi) is 7.33. The van der Waals surface area contributed by atoms with Gasteiger partial charge in [0.1, 0.15) is 9.96 Å². The maximum atomic E-state index is 12.7. The maximum Gasteiger partial charge on any atom is 0.273 e. The smallest absolute Gasteiger partial charge is 0.273 e. The fraction of sp³-hybridized carbons (Fsp3) is 0.143. The highest BCUT2D eigenvalue weighted by Gasteiger charge is 2.19. The molecule has 0 saturated carbocycles.